The molecule has 0 bridgehead atoms. The first-order valence-corrected chi connectivity index (χ1v) is 11.9. The lowest BCUT2D eigenvalue weighted by atomic mass is 10.1. The van der Waals surface area contributed by atoms with E-state index in [1.807, 2.05) is 19.1 Å². The number of nitrogens with one attached hydrogen (secondary N) is 1. The Kier molecular flexibility index (Phi) is 8.15. The van der Waals surface area contributed by atoms with Gasteiger partial charge in [-0.2, -0.15) is 0 Å². The van der Waals surface area contributed by atoms with Crippen molar-refractivity contribution < 1.29 is 24.3 Å². The third-order valence-corrected chi connectivity index (χ3v) is 6.03. The van der Waals surface area contributed by atoms with Crippen LogP contribution in [0.2, 0.25) is 0 Å². The summed E-state index contributed by atoms with van der Waals surface area (Å²) >= 11 is 0. The van der Waals surface area contributed by atoms with Crippen LogP contribution >= 0.6 is 0 Å². The normalized spacial score (nSPS) is 13.4. The Bertz CT molecular complexity index is 1300. The van der Waals surface area contributed by atoms with Crippen molar-refractivity contribution in [3.63, 3.8) is 0 Å². The highest BCUT2D eigenvalue weighted by molar-refractivity contribution is 6.09. The smallest absolute Gasteiger partial charge is 0.263 e. The molecule has 1 aliphatic heterocycles. The highest BCUT2D eigenvalue weighted by Gasteiger charge is 2.26. The summed E-state index contributed by atoms with van der Waals surface area (Å²) in [6.45, 7) is 3.12. The molecule has 0 saturated carbocycles. The molecule has 0 aliphatic carbocycles. The predicted molar refractivity (Wildman–Crippen MR) is 140 cm³/mol. The summed E-state index contributed by atoms with van der Waals surface area (Å²) < 4.78 is 0. The molecule has 1 saturated heterocycles. The van der Waals surface area contributed by atoms with Gasteiger partial charge in [-0.3, -0.25) is 14.4 Å². The van der Waals surface area contributed by atoms with Crippen LogP contribution in [-0.4, -0.2) is 71.6 Å². The number of hydrogen-bond donors (Lipinski definition) is 2. The number of carbonyl (C=O) groups excluding carboxylic acids is 3. The molecule has 0 unspecified atom stereocenters. The molecule has 1 heterocycles. The van der Waals surface area contributed by atoms with Gasteiger partial charge >= 0.3 is 0 Å². The number of hydrogen-bond acceptors (Lipinski definition) is 6. The van der Waals surface area contributed by atoms with Crippen molar-refractivity contribution in [2.45, 2.75) is 6.92 Å². The number of amides is 3. The fourth-order valence-corrected chi connectivity index (χ4v) is 3.88. The number of anilines is 1. The van der Waals surface area contributed by atoms with Gasteiger partial charge in [0.15, 0.2) is 6.61 Å². The maximum absolute atomic E-state index is 13.2. The van der Waals surface area contributed by atoms with Gasteiger partial charge in [-0.05, 0) is 43.3 Å². The molecule has 37 heavy (non-hydrogen) atoms. The predicted octanol–water partition coefficient (Wildman–Crippen LogP) is 3.29. The van der Waals surface area contributed by atoms with Gasteiger partial charge in [-0.25, -0.2) is 0 Å². The molecule has 190 valence electrons. The van der Waals surface area contributed by atoms with E-state index in [1.54, 1.807) is 64.4 Å². The topological polar surface area (TPSA) is 112 Å². The zero-order chi connectivity index (χ0) is 26.2. The zero-order valence-corrected chi connectivity index (χ0v) is 20.5. The molecule has 9 nitrogen and oxygen atoms in total. The van der Waals surface area contributed by atoms with E-state index in [0.717, 1.165) is 5.56 Å². The van der Waals surface area contributed by atoms with Gasteiger partial charge in [0.1, 0.15) is 5.75 Å². The number of aromatic hydroxyl groups is 1. The van der Waals surface area contributed by atoms with Crippen LogP contribution in [0.4, 0.5) is 5.69 Å². The molecule has 0 atom stereocenters. The minimum atomic E-state index is -0.291. The van der Waals surface area contributed by atoms with Gasteiger partial charge in [0.25, 0.3) is 17.7 Å². The molecule has 2 N–H and O–H groups in total. The third kappa shape index (κ3) is 6.52. The van der Waals surface area contributed by atoms with Crippen LogP contribution in [0, 0.1) is 6.92 Å². The van der Waals surface area contributed by atoms with Crippen molar-refractivity contribution in [2.75, 3.05) is 38.1 Å². The number of aryl methyl sites for hydroxylation is 1. The van der Waals surface area contributed by atoms with Gasteiger partial charge in [-0.15, -0.1) is 0 Å². The van der Waals surface area contributed by atoms with Crippen LogP contribution in [0.25, 0.3) is 0 Å². The van der Waals surface area contributed by atoms with Crippen LogP contribution in [0.5, 0.6) is 5.75 Å². The Balaban J connectivity index is 1.30. The minimum absolute atomic E-state index is 0.0678. The fraction of sp³-hybridized carbons (Fsp3) is 0.214. The lowest BCUT2D eigenvalue weighted by Gasteiger charge is -2.34. The van der Waals surface area contributed by atoms with E-state index < -0.39 is 0 Å². The van der Waals surface area contributed by atoms with Crippen LogP contribution in [0.1, 0.15) is 31.8 Å². The molecule has 0 aromatic heterocycles. The van der Waals surface area contributed by atoms with E-state index >= 15 is 0 Å². The molecule has 0 spiro atoms. The number of nitrogens with zero attached hydrogens (tertiary/aromatic N) is 3. The van der Waals surface area contributed by atoms with E-state index in [9.17, 15) is 19.5 Å². The number of oxime groups is 1. The van der Waals surface area contributed by atoms with Gasteiger partial charge in [0, 0.05) is 37.3 Å². The summed E-state index contributed by atoms with van der Waals surface area (Å²) in [6.07, 6.45) is 1.34. The van der Waals surface area contributed by atoms with Crippen LogP contribution in [0.15, 0.2) is 78.0 Å². The van der Waals surface area contributed by atoms with Gasteiger partial charge in [-0.1, -0.05) is 47.1 Å². The Morgan fingerprint density at radius 2 is 1.57 bits per heavy atom. The number of carbonyl (C=O) groups is 3. The largest absolute Gasteiger partial charge is 0.507 e. The van der Waals surface area contributed by atoms with Crippen molar-refractivity contribution in [3.05, 3.63) is 95.1 Å². The summed E-state index contributed by atoms with van der Waals surface area (Å²) in [5.74, 6) is -0.679. The van der Waals surface area contributed by atoms with E-state index in [-0.39, 0.29) is 30.1 Å². The average Bonchev–Trinajstić information content (AvgIpc) is 2.92. The molecule has 3 amide bonds. The van der Waals surface area contributed by atoms with Crippen LogP contribution in [-0.2, 0) is 9.63 Å². The maximum Gasteiger partial charge on any atom is 0.263 e. The van der Waals surface area contributed by atoms with Crippen LogP contribution in [0.3, 0.4) is 0 Å². The summed E-state index contributed by atoms with van der Waals surface area (Å²) in [7, 11) is 0. The first kappa shape index (κ1) is 25.4. The first-order chi connectivity index (χ1) is 17.9. The maximum atomic E-state index is 13.2. The van der Waals surface area contributed by atoms with Crippen LogP contribution < -0.4 is 5.32 Å². The Morgan fingerprint density at radius 1 is 0.919 bits per heavy atom. The molecular formula is C28H28N4O5. The van der Waals surface area contributed by atoms with Gasteiger partial charge < -0.3 is 25.1 Å². The van der Waals surface area contributed by atoms with E-state index in [1.165, 1.54) is 12.3 Å². The van der Waals surface area contributed by atoms with Crippen molar-refractivity contribution >= 4 is 29.6 Å². The minimum Gasteiger partial charge on any atom is -0.507 e. The Hall–Kier alpha value is -4.66. The molecule has 1 aliphatic rings. The quantitative estimate of drug-likeness (QED) is 0.382. The lowest BCUT2D eigenvalue weighted by Crippen LogP contribution is -2.51. The van der Waals surface area contributed by atoms with Gasteiger partial charge in [0.05, 0.1) is 17.5 Å². The summed E-state index contributed by atoms with van der Waals surface area (Å²) in [5.41, 5.74) is 2.87. The molecule has 3 aromatic carbocycles. The molecule has 4 rings (SSSR count). The van der Waals surface area contributed by atoms with E-state index in [0.29, 0.717) is 48.6 Å². The summed E-state index contributed by atoms with van der Waals surface area (Å²) in [4.78, 5) is 46.8. The second-order valence-electron chi connectivity index (χ2n) is 8.61. The zero-order valence-electron chi connectivity index (χ0n) is 20.5. The first-order valence-electron chi connectivity index (χ1n) is 11.9. The molecule has 1 fully saturated rings. The molecule has 3 aromatic rings. The Labute approximate surface area is 215 Å². The second kappa shape index (κ2) is 11.9. The van der Waals surface area contributed by atoms with E-state index in [4.69, 9.17) is 4.84 Å². The lowest BCUT2D eigenvalue weighted by molar-refractivity contribution is -0.137. The molecule has 9 heteroatoms. The standard InChI is InChI=1S/C28H28N4O5/c1-20-10-12-21(13-11-20)27(35)30-24-8-4-3-7-23(24)28(36)32-16-14-31(15-17-32)26(34)19-37-29-18-22-6-2-5-9-25(22)33/h2-13,18,33H,14-17,19H2,1H3,(H,30,35)/b29-18+. The number of para-hydroxylation sites is 2. The summed E-state index contributed by atoms with van der Waals surface area (Å²) in [6, 6.07) is 20.8. The van der Waals surface area contributed by atoms with Crippen molar-refractivity contribution in [2.24, 2.45) is 5.16 Å². The average molecular weight is 501 g/mol. The van der Waals surface area contributed by atoms with Crippen molar-refractivity contribution in [3.8, 4) is 5.75 Å². The number of phenols is 1. The SMILES string of the molecule is Cc1ccc(C(=O)Nc2ccccc2C(=O)N2CCN(C(=O)CO/N=C/c3ccccc3O)CC2)cc1. The van der Waals surface area contributed by atoms with E-state index in [2.05, 4.69) is 10.5 Å². The second-order valence-corrected chi connectivity index (χ2v) is 8.61. The highest BCUT2D eigenvalue weighted by Crippen LogP contribution is 2.20. The number of phenolic OH excluding ortho intramolecular Hbond substituents is 1. The van der Waals surface area contributed by atoms with Gasteiger partial charge in [0.2, 0.25) is 0 Å². The number of benzene rings is 3. The van der Waals surface area contributed by atoms with Crippen molar-refractivity contribution in [1.29, 1.82) is 0 Å². The highest BCUT2D eigenvalue weighted by atomic mass is 16.6. The monoisotopic (exact) mass is 500 g/mol. The molecule has 0 radical (unpaired) electrons. The van der Waals surface area contributed by atoms with Crippen molar-refractivity contribution in [1.82, 2.24) is 9.80 Å². The Morgan fingerprint density at radius 3 is 2.30 bits per heavy atom. The summed E-state index contributed by atoms with van der Waals surface area (Å²) in [5, 5.41) is 16.3. The third-order valence-electron chi connectivity index (χ3n) is 6.03. The fourth-order valence-electron chi connectivity index (χ4n) is 3.88. The number of piperazine rings is 1. The number of rotatable bonds is 7. The molecular weight excluding hydrogens is 472 g/mol.